The molecule has 0 saturated heterocycles. The maximum Gasteiger partial charge on any atom is 0.335 e. The predicted octanol–water partition coefficient (Wildman–Crippen LogP) is 3.22. The molecule has 1 aromatic heterocycles. The second kappa shape index (κ2) is 10.3. The number of aromatic carboxylic acids is 1. The predicted molar refractivity (Wildman–Crippen MR) is 135 cm³/mol. The summed E-state index contributed by atoms with van der Waals surface area (Å²) in [5.74, 6) is -3.43. The minimum absolute atomic E-state index is 0.0144. The first kappa shape index (κ1) is 24.8. The van der Waals surface area contributed by atoms with Gasteiger partial charge in [0, 0.05) is 23.5 Å². The Morgan fingerprint density at radius 1 is 0.921 bits per heavy atom. The van der Waals surface area contributed by atoms with E-state index in [-0.39, 0.29) is 24.3 Å². The fraction of sp³-hybridized carbons (Fsp3) is 0.179. The van der Waals surface area contributed by atoms with E-state index < -0.39 is 35.9 Å². The number of hydrogen-bond donors (Lipinski definition) is 5. The summed E-state index contributed by atoms with van der Waals surface area (Å²) >= 11 is 0. The van der Waals surface area contributed by atoms with Crippen LogP contribution in [0.1, 0.15) is 39.1 Å². The maximum absolute atomic E-state index is 13.6. The minimum atomic E-state index is -1.42. The Hall–Kier alpha value is -4.83. The lowest BCUT2D eigenvalue weighted by molar-refractivity contribution is -0.142. The van der Waals surface area contributed by atoms with Crippen LogP contribution in [0.3, 0.4) is 0 Å². The molecular formula is C28H24N2O8. The van der Waals surface area contributed by atoms with E-state index in [1.54, 1.807) is 24.4 Å². The summed E-state index contributed by atoms with van der Waals surface area (Å²) in [6.45, 7) is 0.0144. The fourth-order valence-electron chi connectivity index (χ4n) is 4.58. The monoisotopic (exact) mass is 516 g/mol. The van der Waals surface area contributed by atoms with Crippen molar-refractivity contribution in [2.24, 2.45) is 0 Å². The third-order valence-electron chi connectivity index (χ3n) is 6.57. The van der Waals surface area contributed by atoms with Gasteiger partial charge in [-0.05, 0) is 47.0 Å². The number of H-pyrrole nitrogens is 1. The summed E-state index contributed by atoms with van der Waals surface area (Å²) in [5, 5.41) is 33.9. The molecule has 4 aromatic rings. The summed E-state index contributed by atoms with van der Waals surface area (Å²) in [6, 6.07) is 16.4. The van der Waals surface area contributed by atoms with Gasteiger partial charge < -0.3 is 35.1 Å². The molecule has 0 saturated carbocycles. The first-order valence-corrected chi connectivity index (χ1v) is 11.8. The summed E-state index contributed by atoms with van der Waals surface area (Å²) in [6.07, 6.45) is 0.310. The number of aromatic nitrogens is 1. The molecule has 2 unspecified atom stereocenters. The lowest BCUT2D eigenvalue weighted by atomic mass is 9.87. The van der Waals surface area contributed by atoms with E-state index in [9.17, 15) is 29.7 Å². The van der Waals surface area contributed by atoms with Crippen molar-refractivity contribution in [3.63, 3.8) is 0 Å². The van der Waals surface area contributed by atoms with Crippen LogP contribution in [0.25, 0.3) is 10.9 Å². The molecule has 38 heavy (non-hydrogen) atoms. The second-order valence-electron chi connectivity index (χ2n) is 8.93. The summed E-state index contributed by atoms with van der Waals surface area (Å²) in [4.78, 5) is 40.1. The molecule has 194 valence electrons. The lowest BCUT2D eigenvalue weighted by Gasteiger charge is -2.25. The van der Waals surface area contributed by atoms with Gasteiger partial charge in [0.1, 0.15) is 6.04 Å². The average Bonchev–Trinajstić information content (AvgIpc) is 3.55. The molecule has 0 spiro atoms. The largest absolute Gasteiger partial charge is 0.480 e. The smallest absolute Gasteiger partial charge is 0.335 e. The Morgan fingerprint density at radius 2 is 1.63 bits per heavy atom. The molecule has 0 fully saturated rings. The molecule has 0 radical (unpaired) electrons. The number of aromatic amines is 1. The SMILES string of the molecule is O=C(O)c1ccc(C(O)C(C(=O)N[C@@H](Cc2c[nH]c3ccccc23)C(=O)O)c2ccc3c(c2)OCO3)cc1. The molecule has 2 heterocycles. The number of hydrogen-bond acceptors (Lipinski definition) is 6. The normalized spacial score (nSPS) is 14.6. The number of benzene rings is 3. The van der Waals surface area contributed by atoms with E-state index in [1.807, 2.05) is 24.3 Å². The van der Waals surface area contributed by atoms with Gasteiger partial charge in [-0.25, -0.2) is 9.59 Å². The van der Waals surface area contributed by atoms with Crippen LogP contribution in [0.2, 0.25) is 0 Å². The first-order valence-electron chi connectivity index (χ1n) is 11.8. The van der Waals surface area contributed by atoms with Crippen LogP contribution in [0.15, 0.2) is 72.9 Å². The zero-order valence-corrected chi connectivity index (χ0v) is 20.0. The van der Waals surface area contributed by atoms with Crippen molar-refractivity contribution in [3.8, 4) is 11.5 Å². The summed E-state index contributed by atoms with van der Waals surface area (Å²) in [5.41, 5.74) is 2.25. The summed E-state index contributed by atoms with van der Waals surface area (Å²) in [7, 11) is 0. The maximum atomic E-state index is 13.6. The highest BCUT2D eigenvalue weighted by molar-refractivity contribution is 5.90. The second-order valence-corrected chi connectivity index (χ2v) is 8.93. The van der Waals surface area contributed by atoms with Gasteiger partial charge in [0.15, 0.2) is 11.5 Å². The molecule has 0 bridgehead atoms. The number of ether oxygens (including phenoxy) is 2. The highest BCUT2D eigenvalue weighted by atomic mass is 16.7. The molecule has 10 nitrogen and oxygen atoms in total. The minimum Gasteiger partial charge on any atom is -0.480 e. The van der Waals surface area contributed by atoms with Crippen LogP contribution in [-0.2, 0) is 16.0 Å². The van der Waals surface area contributed by atoms with Crippen LogP contribution in [0.5, 0.6) is 11.5 Å². The number of aliphatic hydroxyl groups excluding tert-OH is 1. The molecule has 1 amide bonds. The van der Waals surface area contributed by atoms with E-state index in [0.29, 0.717) is 17.1 Å². The van der Waals surface area contributed by atoms with Crippen molar-refractivity contribution in [2.75, 3.05) is 6.79 Å². The van der Waals surface area contributed by atoms with Gasteiger partial charge >= 0.3 is 11.9 Å². The standard InChI is InChI=1S/C28H24N2O8/c31-25(15-5-7-16(8-6-15)27(33)34)24(17-9-10-22-23(12-17)38-14-37-22)26(32)30-21(28(35)36)11-18-13-29-20-4-2-1-3-19(18)20/h1-10,12-13,21,24-25,29,31H,11,14H2,(H,30,32)(H,33,34)(H,35,36)/t21-,24?,25?/m0/s1. The molecule has 1 aliphatic heterocycles. The number of amides is 1. The van der Waals surface area contributed by atoms with Crippen LogP contribution < -0.4 is 14.8 Å². The van der Waals surface area contributed by atoms with Crippen molar-refractivity contribution >= 4 is 28.7 Å². The van der Waals surface area contributed by atoms with E-state index in [0.717, 1.165) is 16.5 Å². The van der Waals surface area contributed by atoms with Gasteiger partial charge in [-0.1, -0.05) is 36.4 Å². The van der Waals surface area contributed by atoms with E-state index in [4.69, 9.17) is 9.47 Å². The number of aliphatic carboxylic acids is 1. The number of fused-ring (bicyclic) bond motifs is 2. The Balaban J connectivity index is 1.46. The highest BCUT2D eigenvalue weighted by Crippen LogP contribution is 2.38. The number of nitrogens with one attached hydrogen (secondary N) is 2. The average molecular weight is 517 g/mol. The Kier molecular flexibility index (Phi) is 6.71. The number of carbonyl (C=O) groups excluding carboxylic acids is 1. The quantitative estimate of drug-likeness (QED) is 0.227. The van der Waals surface area contributed by atoms with Crippen LogP contribution in [-0.4, -0.2) is 51.0 Å². The zero-order valence-electron chi connectivity index (χ0n) is 20.0. The molecule has 5 rings (SSSR count). The molecule has 1 aliphatic rings. The van der Waals surface area contributed by atoms with Crippen molar-refractivity contribution in [1.82, 2.24) is 10.3 Å². The summed E-state index contributed by atoms with van der Waals surface area (Å²) < 4.78 is 10.8. The third kappa shape index (κ3) is 4.89. The molecule has 3 atom stereocenters. The van der Waals surface area contributed by atoms with Crippen molar-refractivity contribution < 1.29 is 39.2 Å². The van der Waals surface area contributed by atoms with Gasteiger partial charge in [0.25, 0.3) is 0 Å². The fourth-order valence-corrected chi connectivity index (χ4v) is 4.58. The highest BCUT2D eigenvalue weighted by Gasteiger charge is 2.34. The number of aliphatic hydroxyl groups is 1. The molecule has 10 heteroatoms. The number of rotatable bonds is 9. The molecular weight excluding hydrogens is 492 g/mol. The number of carbonyl (C=O) groups is 3. The van der Waals surface area contributed by atoms with Crippen LogP contribution in [0.4, 0.5) is 0 Å². The van der Waals surface area contributed by atoms with Gasteiger partial charge in [-0.15, -0.1) is 0 Å². The van der Waals surface area contributed by atoms with Crippen LogP contribution in [0, 0.1) is 0 Å². The van der Waals surface area contributed by atoms with E-state index in [1.165, 1.54) is 24.3 Å². The van der Waals surface area contributed by atoms with Gasteiger partial charge in [0.2, 0.25) is 12.7 Å². The van der Waals surface area contributed by atoms with Crippen molar-refractivity contribution in [3.05, 3.63) is 95.2 Å². The van der Waals surface area contributed by atoms with Gasteiger partial charge in [-0.2, -0.15) is 0 Å². The Bertz CT molecular complexity index is 1510. The number of para-hydroxylation sites is 1. The van der Waals surface area contributed by atoms with E-state index in [2.05, 4.69) is 10.3 Å². The molecule has 5 N–H and O–H groups in total. The van der Waals surface area contributed by atoms with Crippen molar-refractivity contribution in [2.45, 2.75) is 24.5 Å². The van der Waals surface area contributed by atoms with Gasteiger partial charge in [0.05, 0.1) is 17.6 Å². The topological polar surface area (TPSA) is 158 Å². The number of carboxylic acids is 2. The van der Waals surface area contributed by atoms with Crippen molar-refractivity contribution in [1.29, 1.82) is 0 Å². The number of carboxylic acid groups (broad SMARTS) is 2. The Labute approximate surface area is 216 Å². The molecule has 3 aromatic carbocycles. The first-order chi connectivity index (χ1) is 18.3. The zero-order chi connectivity index (χ0) is 26.8. The molecule has 0 aliphatic carbocycles. The van der Waals surface area contributed by atoms with E-state index >= 15 is 0 Å². The Morgan fingerprint density at radius 3 is 2.37 bits per heavy atom. The van der Waals surface area contributed by atoms with Crippen LogP contribution >= 0.6 is 0 Å². The third-order valence-corrected chi connectivity index (χ3v) is 6.57. The lowest BCUT2D eigenvalue weighted by Crippen LogP contribution is -2.45. The van der Waals surface area contributed by atoms with Gasteiger partial charge in [-0.3, -0.25) is 4.79 Å².